The zero-order chi connectivity index (χ0) is 22.7. The number of nitrogens with zero attached hydrogens (tertiary/aromatic N) is 2. The average molecular weight is 492 g/mol. The Bertz CT molecular complexity index is 1130. The summed E-state index contributed by atoms with van der Waals surface area (Å²) in [6.45, 7) is 0.839. The molecule has 0 atom stereocenters. The molecule has 0 unspecified atom stereocenters. The van der Waals surface area contributed by atoms with Gasteiger partial charge in [0, 0.05) is 28.6 Å². The van der Waals surface area contributed by atoms with E-state index in [-0.39, 0.29) is 29.0 Å². The second kappa shape index (κ2) is 9.86. The number of carbonyl (C=O) groups excluding carboxylic acids is 2. The van der Waals surface area contributed by atoms with Crippen molar-refractivity contribution in [3.05, 3.63) is 42.5 Å². The Balaban J connectivity index is 1.57. The molecule has 0 spiro atoms. The first-order valence-electron chi connectivity index (χ1n) is 10.4. The van der Waals surface area contributed by atoms with Crippen molar-refractivity contribution in [1.82, 2.24) is 4.31 Å². The number of hydrogen-bond donors (Lipinski definition) is 1. The molecule has 2 aromatic carbocycles. The third kappa shape index (κ3) is 4.98. The van der Waals surface area contributed by atoms with Crippen molar-refractivity contribution < 1.29 is 18.0 Å². The minimum absolute atomic E-state index is 0.159. The van der Waals surface area contributed by atoms with Gasteiger partial charge in [0.1, 0.15) is 6.54 Å². The summed E-state index contributed by atoms with van der Waals surface area (Å²) in [4.78, 5) is 28.7. The lowest BCUT2D eigenvalue weighted by molar-refractivity contribution is -0.120. The predicted molar refractivity (Wildman–Crippen MR) is 129 cm³/mol. The van der Waals surface area contributed by atoms with Crippen LogP contribution in [0.15, 0.2) is 57.2 Å². The summed E-state index contributed by atoms with van der Waals surface area (Å²) in [5, 5.41) is 2.83. The van der Waals surface area contributed by atoms with E-state index >= 15 is 0 Å². The van der Waals surface area contributed by atoms with E-state index in [0.717, 1.165) is 29.1 Å². The Labute approximate surface area is 197 Å². The van der Waals surface area contributed by atoms with Crippen molar-refractivity contribution in [2.75, 3.05) is 41.9 Å². The Morgan fingerprint density at radius 3 is 2.66 bits per heavy atom. The maximum atomic E-state index is 13.1. The number of carbonyl (C=O) groups is 2. The van der Waals surface area contributed by atoms with Crippen molar-refractivity contribution in [2.24, 2.45) is 0 Å². The molecular formula is C22H25N3O4S3. The molecule has 2 amide bonds. The molecule has 2 aliphatic rings. The topological polar surface area (TPSA) is 86.8 Å². The minimum atomic E-state index is -3.64. The van der Waals surface area contributed by atoms with Crippen LogP contribution in [0, 0.1) is 0 Å². The van der Waals surface area contributed by atoms with Gasteiger partial charge in [-0.2, -0.15) is 4.31 Å². The van der Waals surface area contributed by atoms with Gasteiger partial charge in [-0.25, -0.2) is 8.42 Å². The van der Waals surface area contributed by atoms with Crippen molar-refractivity contribution in [3.63, 3.8) is 0 Å². The lowest BCUT2D eigenvalue weighted by Crippen LogP contribution is -2.41. The van der Waals surface area contributed by atoms with Gasteiger partial charge < -0.3 is 10.2 Å². The molecule has 170 valence electrons. The quantitative estimate of drug-likeness (QED) is 0.621. The van der Waals surface area contributed by atoms with Crippen molar-refractivity contribution >= 4 is 56.7 Å². The number of hydrogen-bond acceptors (Lipinski definition) is 6. The number of amides is 2. The van der Waals surface area contributed by atoms with Crippen molar-refractivity contribution in [2.45, 2.75) is 33.9 Å². The SMILES string of the molecule is CSc1cccc(NC(=O)CN2C(=O)CSc3ccc(S(=O)(=O)N4CCCCC4)cc32)c1. The van der Waals surface area contributed by atoms with E-state index < -0.39 is 10.0 Å². The summed E-state index contributed by atoms with van der Waals surface area (Å²) in [7, 11) is -3.64. The molecule has 2 aromatic rings. The average Bonchev–Trinajstić information content (AvgIpc) is 2.81. The molecule has 0 radical (unpaired) electrons. The molecule has 1 fully saturated rings. The van der Waals surface area contributed by atoms with Crippen LogP contribution in [0.3, 0.4) is 0 Å². The normalized spacial score (nSPS) is 17.2. The van der Waals surface area contributed by atoms with Crippen molar-refractivity contribution in [1.29, 1.82) is 0 Å². The molecule has 4 rings (SSSR count). The molecule has 0 bridgehead atoms. The number of anilines is 2. The second-order valence-corrected chi connectivity index (χ2v) is 11.5. The highest BCUT2D eigenvalue weighted by Crippen LogP contribution is 2.37. The van der Waals surface area contributed by atoms with E-state index in [0.29, 0.717) is 24.5 Å². The van der Waals surface area contributed by atoms with E-state index in [9.17, 15) is 18.0 Å². The highest BCUT2D eigenvalue weighted by atomic mass is 32.2. The van der Waals surface area contributed by atoms with Gasteiger partial charge >= 0.3 is 0 Å². The lowest BCUT2D eigenvalue weighted by atomic mass is 10.2. The standard InChI is InChI=1S/C22H25N3O4S3/c1-30-17-7-5-6-16(12-17)23-21(26)14-25-19-13-18(8-9-20(19)31-15-22(25)27)32(28,29)24-10-3-2-4-11-24/h5-9,12-13H,2-4,10-11,14-15H2,1H3,(H,23,26). The van der Waals surface area contributed by atoms with E-state index in [1.807, 2.05) is 24.5 Å². The van der Waals surface area contributed by atoms with Gasteiger partial charge in [0.15, 0.2) is 0 Å². The Morgan fingerprint density at radius 2 is 1.91 bits per heavy atom. The number of thioether (sulfide) groups is 2. The lowest BCUT2D eigenvalue weighted by Gasteiger charge is -2.30. The maximum absolute atomic E-state index is 13.1. The second-order valence-electron chi connectivity index (χ2n) is 7.64. The van der Waals surface area contributed by atoms with Gasteiger partial charge in [-0.1, -0.05) is 12.5 Å². The van der Waals surface area contributed by atoms with Gasteiger partial charge in [0.05, 0.1) is 16.3 Å². The van der Waals surface area contributed by atoms with E-state index in [2.05, 4.69) is 5.32 Å². The van der Waals surface area contributed by atoms with Crippen LogP contribution in [-0.4, -0.2) is 56.2 Å². The summed E-state index contributed by atoms with van der Waals surface area (Å²) in [5.41, 5.74) is 1.12. The molecule has 1 N–H and O–H groups in total. The van der Waals surface area contributed by atoms with E-state index in [1.54, 1.807) is 30.0 Å². The number of rotatable bonds is 6. The van der Waals surface area contributed by atoms with Gasteiger partial charge in [-0.05, 0) is 55.5 Å². The molecule has 0 aromatic heterocycles. The highest BCUT2D eigenvalue weighted by molar-refractivity contribution is 8.00. The summed E-state index contributed by atoms with van der Waals surface area (Å²) in [6.07, 6.45) is 4.69. The van der Waals surface area contributed by atoms with Gasteiger partial charge in [-0.3, -0.25) is 9.59 Å². The van der Waals surface area contributed by atoms with Crippen LogP contribution in [0.5, 0.6) is 0 Å². The first-order chi connectivity index (χ1) is 15.4. The van der Waals surface area contributed by atoms with Crippen LogP contribution < -0.4 is 10.2 Å². The summed E-state index contributed by atoms with van der Waals surface area (Å²) in [6, 6.07) is 12.3. The third-order valence-electron chi connectivity index (χ3n) is 5.48. The Hall–Kier alpha value is -2.01. The van der Waals surface area contributed by atoms with Crippen LogP contribution in [0.4, 0.5) is 11.4 Å². The van der Waals surface area contributed by atoms with Crippen LogP contribution in [0.25, 0.3) is 0 Å². The van der Waals surface area contributed by atoms with Crippen LogP contribution >= 0.6 is 23.5 Å². The summed E-state index contributed by atoms with van der Waals surface area (Å²) in [5.74, 6) is -0.345. The molecule has 2 aliphatic heterocycles. The van der Waals surface area contributed by atoms with Crippen LogP contribution in [0.2, 0.25) is 0 Å². The fraction of sp³-hybridized carbons (Fsp3) is 0.364. The first-order valence-corrected chi connectivity index (χ1v) is 14.0. The molecule has 32 heavy (non-hydrogen) atoms. The number of piperidine rings is 1. The number of sulfonamides is 1. The monoisotopic (exact) mass is 491 g/mol. The number of benzene rings is 2. The molecule has 10 heteroatoms. The van der Waals surface area contributed by atoms with Gasteiger partial charge in [0.2, 0.25) is 21.8 Å². The van der Waals surface area contributed by atoms with E-state index in [1.165, 1.54) is 27.0 Å². The molecule has 2 heterocycles. The zero-order valence-electron chi connectivity index (χ0n) is 17.7. The summed E-state index contributed by atoms with van der Waals surface area (Å²) >= 11 is 2.93. The Morgan fingerprint density at radius 1 is 1.12 bits per heavy atom. The predicted octanol–water partition coefficient (Wildman–Crippen LogP) is 3.66. The Kier molecular flexibility index (Phi) is 7.14. The largest absolute Gasteiger partial charge is 0.324 e. The van der Waals surface area contributed by atoms with Gasteiger partial charge in [0.25, 0.3) is 0 Å². The number of nitrogens with one attached hydrogen (secondary N) is 1. The molecule has 7 nitrogen and oxygen atoms in total. The highest BCUT2D eigenvalue weighted by Gasteiger charge is 2.31. The van der Waals surface area contributed by atoms with Crippen LogP contribution in [-0.2, 0) is 19.6 Å². The number of fused-ring (bicyclic) bond motifs is 1. The van der Waals surface area contributed by atoms with Crippen LogP contribution in [0.1, 0.15) is 19.3 Å². The zero-order valence-corrected chi connectivity index (χ0v) is 20.2. The minimum Gasteiger partial charge on any atom is -0.324 e. The fourth-order valence-corrected chi connectivity index (χ4v) is 6.73. The molecule has 1 saturated heterocycles. The first kappa shape index (κ1) is 23.2. The van der Waals surface area contributed by atoms with Gasteiger partial charge in [-0.15, -0.1) is 23.5 Å². The smallest absolute Gasteiger partial charge is 0.244 e. The maximum Gasteiger partial charge on any atom is 0.244 e. The molecule has 0 aliphatic carbocycles. The third-order valence-corrected chi connectivity index (χ3v) is 9.15. The summed E-state index contributed by atoms with van der Waals surface area (Å²) < 4.78 is 27.7. The fourth-order valence-electron chi connectivity index (χ4n) is 3.82. The molecular weight excluding hydrogens is 466 g/mol. The van der Waals surface area contributed by atoms with Crippen molar-refractivity contribution in [3.8, 4) is 0 Å². The molecule has 0 saturated carbocycles. The van der Waals surface area contributed by atoms with E-state index in [4.69, 9.17) is 0 Å².